The van der Waals surface area contributed by atoms with Gasteiger partial charge in [-0.1, -0.05) is 102 Å². The highest BCUT2D eigenvalue weighted by Crippen LogP contribution is 2.27. The van der Waals surface area contributed by atoms with E-state index in [1.165, 1.54) is 87.7 Å². The van der Waals surface area contributed by atoms with Gasteiger partial charge in [0.2, 0.25) is 59.1 Å². The Bertz CT molecular complexity index is 2470. The third-order valence-electron chi connectivity index (χ3n) is 16.5. The molecule has 0 aromatic heterocycles. The van der Waals surface area contributed by atoms with Gasteiger partial charge in [-0.2, -0.15) is 0 Å². The molecule has 6 N–H and O–H groups in total. The molecule has 0 radical (unpaired) electrons. The number of allylic oxidation sites excluding steroid dienone is 2. The lowest BCUT2D eigenvalue weighted by Crippen LogP contribution is -2.63. The number of carbonyl (C=O) groups excluding carboxylic acids is 11. The number of rotatable bonds is 39. The summed E-state index contributed by atoms with van der Waals surface area (Å²) in [6.45, 7) is 30.6. The first-order chi connectivity index (χ1) is 42.0. The molecule has 0 saturated heterocycles. The van der Waals surface area contributed by atoms with E-state index in [2.05, 4.69) is 26.6 Å². The van der Waals surface area contributed by atoms with Crippen LogP contribution in [0.25, 0.3) is 0 Å². The van der Waals surface area contributed by atoms with Crippen molar-refractivity contribution in [3.8, 4) is 0 Å². The van der Waals surface area contributed by atoms with Crippen molar-refractivity contribution in [2.75, 3.05) is 63.1 Å². The number of methoxy groups -OCH3 is 1. The first kappa shape index (κ1) is 84.3. The maximum absolute atomic E-state index is 15.1. The monoisotopic (exact) mass is 1290 g/mol. The quantitative estimate of drug-likeness (QED) is 0.0380. The van der Waals surface area contributed by atoms with Crippen LogP contribution in [0.3, 0.4) is 0 Å². The molecule has 91 heavy (non-hydrogen) atoms. The Morgan fingerprint density at radius 3 is 1.33 bits per heavy atom. The molecule has 522 valence electrons. The van der Waals surface area contributed by atoms with Gasteiger partial charge in [0, 0.05) is 62.2 Å². The number of likely N-dealkylation sites (N-methyl/N-ethyl adjacent to an activating group) is 7. The van der Waals surface area contributed by atoms with Crippen LogP contribution < -0.4 is 26.6 Å². The highest BCUT2D eigenvalue weighted by molar-refractivity contribution is 5.99. The first-order valence-corrected chi connectivity index (χ1v) is 32.0. The maximum atomic E-state index is 15.1. The van der Waals surface area contributed by atoms with Gasteiger partial charge in [0.15, 0.2) is 0 Å². The molecule has 0 spiro atoms. The van der Waals surface area contributed by atoms with Gasteiger partial charge in [-0.3, -0.25) is 52.7 Å². The van der Waals surface area contributed by atoms with Crippen molar-refractivity contribution in [3.63, 3.8) is 0 Å². The Morgan fingerprint density at radius 2 is 0.901 bits per heavy atom. The van der Waals surface area contributed by atoms with Crippen LogP contribution in [0, 0.1) is 41.4 Å². The van der Waals surface area contributed by atoms with E-state index >= 15 is 14.4 Å². The van der Waals surface area contributed by atoms with Crippen LogP contribution in [0.1, 0.15) is 157 Å². The summed E-state index contributed by atoms with van der Waals surface area (Å²) in [4.78, 5) is 176. The predicted octanol–water partition coefficient (Wildman–Crippen LogP) is 3.30. The van der Waals surface area contributed by atoms with E-state index in [0.29, 0.717) is 6.42 Å². The average Bonchev–Trinajstić information content (AvgIpc) is 0.846. The molecule has 0 heterocycles. The summed E-state index contributed by atoms with van der Waals surface area (Å²) in [6, 6.07) is -13.0. The summed E-state index contributed by atoms with van der Waals surface area (Å²) in [5.41, 5.74) is 0. The molecule has 14 atom stereocenters. The summed E-state index contributed by atoms with van der Waals surface area (Å²) in [5.74, 6) is -11.2. The van der Waals surface area contributed by atoms with E-state index in [1.807, 2.05) is 41.5 Å². The molecule has 0 unspecified atom stereocenters. The van der Waals surface area contributed by atoms with Gasteiger partial charge in [0.05, 0.1) is 12.6 Å². The van der Waals surface area contributed by atoms with E-state index in [-0.39, 0.29) is 56.0 Å². The minimum Gasteiger partial charge on any atom is -0.480 e. The van der Waals surface area contributed by atoms with Crippen molar-refractivity contribution in [2.24, 2.45) is 41.4 Å². The number of hydrogen-bond donors (Lipinski definition) is 6. The average molecular weight is 1290 g/mol. The van der Waals surface area contributed by atoms with Crippen LogP contribution >= 0.6 is 0 Å². The number of esters is 1. The van der Waals surface area contributed by atoms with Crippen LogP contribution in [-0.2, 0) is 67.0 Å². The standard InChI is InChI=1S/C65H117N11O15/c1-27-29-30-40(13)54(91-45(18)77)53(58(81)69-46(28-2)65(88)89)76(25)64(87)51(39(11)12)74(23)62(85)49(33-37(7)8)73(22)61(84)48(32-36(5)6)72(21)60(83)44(17)68-55(78)42(15)67-56(79)47(31-35(3)4)71(20)63(86)50(38(9)10)70-57(80)52(41(14)34-90-26)75(24)59(82)43(16)66-19/h27,29,35-44,46-54,66H,28,30-34H2,1-26H3,(H,67,79)(H,68,78)(H,69,81)(H,70,80)(H,88,89)/b29-27+/t40-,41-,42+,43-,44-,46+,47+,48+,49+,50+,51+,52+,53+,54-/m1/s1. The molecule has 0 saturated carbocycles. The number of amides is 10. The SMILES string of the molecule is C/C=C/C[C@@H](C)[C@@H](OC(C)=O)[C@@H](C(=O)N[C@@H](CC)C(=O)O)N(C)C(=O)[C@H](C(C)C)N(C)C(=O)[C@H](CC(C)C)N(C)C(=O)[C@H](CC(C)C)N(C)C(=O)[C@@H](C)NC(=O)[C@H](C)NC(=O)[C@H](CC(C)C)N(C)C(=O)[C@@H](NC(=O)[C@H]([C@H](C)COC)N(C)C(=O)[C@@H](C)NC)C(C)C. The Labute approximate surface area is 543 Å². The minimum absolute atomic E-state index is 0.00191. The van der Waals surface area contributed by atoms with Crippen LogP contribution in [0.2, 0.25) is 0 Å². The maximum Gasteiger partial charge on any atom is 0.326 e. The zero-order valence-corrected chi connectivity index (χ0v) is 59.7. The summed E-state index contributed by atoms with van der Waals surface area (Å²) in [7, 11) is 11.6. The minimum atomic E-state index is -1.56. The normalized spacial score (nSPS) is 16.3. The predicted molar refractivity (Wildman–Crippen MR) is 348 cm³/mol. The summed E-state index contributed by atoms with van der Waals surface area (Å²) >= 11 is 0. The fraction of sp³-hybridized carbons (Fsp3) is 0.785. The molecule has 0 aliphatic carbocycles. The summed E-state index contributed by atoms with van der Waals surface area (Å²) < 4.78 is 11.1. The lowest BCUT2D eigenvalue weighted by molar-refractivity contribution is -0.164. The van der Waals surface area contributed by atoms with E-state index in [1.54, 1.807) is 81.5 Å². The molecule has 0 aromatic carbocycles. The topological polar surface area (TPSA) is 323 Å². The van der Waals surface area contributed by atoms with Crippen LogP contribution in [0.5, 0.6) is 0 Å². The van der Waals surface area contributed by atoms with Crippen molar-refractivity contribution in [1.29, 1.82) is 0 Å². The van der Waals surface area contributed by atoms with Crippen molar-refractivity contribution < 1.29 is 72.1 Å². The second-order valence-electron chi connectivity index (χ2n) is 26.5. The van der Waals surface area contributed by atoms with Gasteiger partial charge in [0.1, 0.15) is 66.5 Å². The van der Waals surface area contributed by atoms with Crippen molar-refractivity contribution >= 4 is 71.0 Å². The van der Waals surface area contributed by atoms with Crippen molar-refractivity contribution in [1.82, 2.24) is 56.0 Å². The Morgan fingerprint density at radius 1 is 0.473 bits per heavy atom. The largest absolute Gasteiger partial charge is 0.480 e. The van der Waals surface area contributed by atoms with Crippen molar-refractivity contribution in [3.05, 3.63) is 12.2 Å². The number of carboxylic acids is 1. The molecular formula is C65H117N11O15. The molecule has 26 nitrogen and oxygen atoms in total. The van der Waals surface area contributed by atoms with E-state index < -0.39 is 161 Å². The Hall–Kier alpha value is -6.70. The van der Waals surface area contributed by atoms with Gasteiger partial charge in [-0.05, 0) is 102 Å². The number of aliphatic carboxylic acids is 1. The molecule has 10 amide bonds. The van der Waals surface area contributed by atoms with Gasteiger partial charge in [-0.15, -0.1) is 0 Å². The lowest BCUT2D eigenvalue weighted by Gasteiger charge is -2.42. The Kier molecular flexibility index (Phi) is 36.7. The molecular weight excluding hydrogens is 1170 g/mol. The summed E-state index contributed by atoms with van der Waals surface area (Å²) in [5, 5.41) is 23.5. The molecule has 0 aromatic rings. The fourth-order valence-electron chi connectivity index (χ4n) is 11.0. The number of nitrogens with zero attached hydrogens (tertiary/aromatic N) is 6. The molecule has 0 rings (SSSR count). The Balaban J connectivity index is 7.07. The third kappa shape index (κ3) is 25.0. The van der Waals surface area contributed by atoms with E-state index in [9.17, 15) is 48.3 Å². The second-order valence-corrected chi connectivity index (χ2v) is 26.5. The molecule has 0 aliphatic heterocycles. The lowest BCUT2D eigenvalue weighted by atomic mass is 9.91. The zero-order chi connectivity index (χ0) is 71.0. The van der Waals surface area contributed by atoms with Crippen molar-refractivity contribution in [2.45, 2.75) is 229 Å². The molecule has 26 heteroatoms. The van der Waals surface area contributed by atoms with E-state index in [0.717, 1.165) is 11.8 Å². The van der Waals surface area contributed by atoms with Crippen LogP contribution in [-0.4, -0.2) is 241 Å². The second kappa shape index (κ2) is 39.6. The highest BCUT2D eigenvalue weighted by atomic mass is 16.5. The molecule has 0 fully saturated rings. The van der Waals surface area contributed by atoms with Gasteiger partial charge >= 0.3 is 11.9 Å². The number of nitrogens with one attached hydrogen (secondary N) is 5. The smallest absolute Gasteiger partial charge is 0.326 e. The highest BCUT2D eigenvalue weighted by Gasteiger charge is 2.47. The molecule has 0 bridgehead atoms. The van der Waals surface area contributed by atoms with Crippen LogP contribution in [0.15, 0.2) is 12.2 Å². The number of carbonyl (C=O) groups is 12. The third-order valence-corrected chi connectivity index (χ3v) is 16.5. The summed E-state index contributed by atoms with van der Waals surface area (Å²) in [6.07, 6.45) is 3.03. The number of ether oxygens (including phenoxy) is 2. The number of hydrogen-bond acceptors (Lipinski definition) is 15. The molecule has 0 aliphatic rings. The van der Waals surface area contributed by atoms with Gasteiger partial charge in [-0.25, -0.2) is 4.79 Å². The van der Waals surface area contributed by atoms with Crippen LogP contribution in [0.4, 0.5) is 0 Å². The fourth-order valence-corrected chi connectivity index (χ4v) is 11.0. The zero-order valence-electron chi connectivity index (χ0n) is 59.7. The number of carboxylic acid groups (broad SMARTS) is 1. The van der Waals surface area contributed by atoms with Gasteiger partial charge < -0.3 is 70.6 Å². The first-order valence-electron chi connectivity index (χ1n) is 32.0. The van der Waals surface area contributed by atoms with E-state index in [4.69, 9.17) is 9.47 Å². The van der Waals surface area contributed by atoms with Gasteiger partial charge in [0.25, 0.3) is 0 Å².